The molecule has 2 aromatic rings. The molecular formula is C30H34F2O3. The topological polar surface area (TPSA) is 35.5 Å². The van der Waals surface area contributed by atoms with Crippen molar-refractivity contribution >= 4 is 5.97 Å². The summed E-state index contributed by atoms with van der Waals surface area (Å²) in [5.74, 6) is 0.235. The first-order valence-corrected chi connectivity index (χ1v) is 12.7. The Morgan fingerprint density at radius 1 is 0.943 bits per heavy atom. The zero-order valence-corrected chi connectivity index (χ0v) is 20.5. The number of rotatable bonds is 7. The first-order valence-electron chi connectivity index (χ1n) is 12.7. The molecule has 0 amide bonds. The molecule has 4 rings (SSSR count). The summed E-state index contributed by atoms with van der Waals surface area (Å²) in [6, 6.07) is 8.72. The van der Waals surface area contributed by atoms with Crippen molar-refractivity contribution in [3.05, 3.63) is 83.5 Å². The van der Waals surface area contributed by atoms with Crippen LogP contribution in [0.15, 0.2) is 60.7 Å². The molecular weight excluding hydrogens is 446 g/mol. The van der Waals surface area contributed by atoms with Gasteiger partial charge in [0.1, 0.15) is 18.2 Å². The Hall–Kier alpha value is -2.95. The van der Waals surface area contributed by atoms with Crippen molar-refractivity contribution in [2.75, 3.05) is 6.61 Å². The summed E-state index contributed by atoms with van der Waals surface area (Å²) in [6.07, 6.45) is 15.1. The molecule has 2 fully saturated rings. The third-order valence-electron chi connectivity index (χ3n) is 7.49. The molecule has 0 radical (unpaired) electrons. The minimum atomic E-state index is -0.915. The van der Waals surface area contributed by atoms with Gasteiger partial charge < -0.3 is 9.47 Å². The standard InChI is InChI=1S/C30H34F2O3/c1-3-5-15-34-25-12-14-29(28(32)19-25)35-30(33)26-13-11-24(18-27(26)31)23-10-9-21-16-20(6-4-2)7-8-22(21)17-23/h3-6,11-14,18-23H,7-10,15-17H2,1-2H3/b5-3+,6-4+. The molecule has 0 aliphatic heterocycles. The second-order valence-electron chi connectivity index (χ2n) is 9.73. The summed E-state index contributed by atoms with van der Waals surface area (Å²) in [4.78, 5) is 12.6. The van der Waals surface area contributed by atoms with Crippen LogP contribution >= 0.6 is 0 Å². The average Bonchev–Trinajstić information content (AvgIpc) is 2.85. The summed E-state index contributed by atoms with van der Waals surface area (Å²) in [5, 5.41) is 0. The van der Waals surface area contributed by atoms with Gasteiger partial charge in [0.25, 0.3) is 0 Å². The average molecular weight is 481 g/mol. The SMILES string of the molecule is C/C=C/COc1ccc(OC(=O)c2ccc(C3CCC4CC(/C=C/C)CCC4C3)cc2F)c(F)c1. The summed E-state index contributed by atoms with van der Waals surface area (Å²) < 4.78 is 39.8. The zero-order chi connectivity index (χ0) is 24.8. The van der Waals surface area contributed by atoms with Gasteiger partial charge in [-0.05, 0) is 106 Å². The maximum absolute atomic E-state index is 14.9. The molecule has 5 heteroatoms. The van der Waals surface area contributed by atoms with Gasteiger partial charge in [-0.1, -0.05) is 30.4 Å². The van der Waals surface area contributed by atoms with E-state index in [1.807, 2.05) is 19.1 Å². The van der Waals surface area contributed by atoms with Gasteiger partial charge in [0, 0.05) is 6.07 Å². The van der Waals surface area contributed by atoms with E-state index >= 15 is 0 Å². The number of fused-ring (bicyclic) bond motifs is 1. The highest BCUT2D eigenvalue weighted by Crippen LogP contribution is 2.48. The maximum Gasteiger partial charge on any atom is 0.346 e. The molecule has 2 aliphatic rings. The minimum absolute atomic E-state index is 0.192. The Morgan fingerprint density at radius 3 is 2.49 bits per heavy atom. The molecule has 0 spiro atoms. The van der Waals surface area contributed by atoms with Crippen molar-refractivity contribution in [2.24, 2.45) is 17.8 Å². The van der Waals surface area contributed by atoms with Gasteiger partial charge in [0.05, 0.1) is 5.56 Å². The third kappa shape index (κ3) is 6.19. The number of allylic oxidation sites excluding steroid dienone is 3. The highest BCUT2D eigenvalue weighted by Gasteiger charge is 2.35. The van der Waals surface area contributed by atoms with E-state index in [0.29, 0.717) is 30.1 Å². The lowest BCUT2D eigenvalue weighted by atomic mass is 9.64. The van der Waals surface area contributed by atoms with Crippen molar-refractivity contribution in [3.8, 4) is 11.5 Å². The fraction of sp³-hybridized carbons (Fsp3) is 0.433. The van der Waals surface area contributed by atoms with Crippen molar-refractivity contribution in [1.29, 1.82) is 0 Å². The van der Waals surface area contributed by atoms with Crippen molar-refractivity contribution in [3.63, 3.8) is 0 Å². The number of ether oxygens (including phenoxy) is 2. The predicted octanol–water partition coefficient (Wildman–Crippen LogP) is 8.02. The van der Waals surface area contributed by atoms with E-state index in [4.69, 9.17) is 9.47 Å². The van der Waals surface area contributed by atoms with Gasteiger partial charge in [0.2, 0.25) is 0 Å². The smallest absolute Gasteiger partial charge is 0.346 e. The van der Waals surface area contributed by atoms with E-state index in [2.05, 4.69) is 19.1 Å². The number of halogens is 2. The van der Waals surface area contributed by atoms with Crippen LogP contribution in [0.4, 0.5) is 8.78 Å². The second kappa shape index (κ2) is 11.7. The second-order valence-corrected chi connectivity index (χ2v) is 9.73. The molecule has 4 atom stereocenters. The maximum atomic E-state index is 14.9. The number of hydrogen-bond acceptors (Lipinski definition) is 3. The van der Waals surface area contributed by atoms with Crippen molar-refractivity contribution in [1.82, 2.24) is 0 Å². The largest absolute Gasteiger partial charge is 0.489 e. The lowest BCUT2D eigenvalue weighted by Gasteiger charge is -2.41. The van der Waals surface area contributed by atoms with Gasteiger partial charge in [-0.25, -0.2) is 13.6 Å². The molecule has 35 heavy (non-hydrogen) atoms. The molecule has 0 bridgehead atoms. The molecule has 2 saturated carbocycles. The number of benzene rings is 2. The Bertz CT molecular complexity index is 1090. The van der Waals surface area contributed by atoms with Gasteiger partial charge in [-0.15, -0.1) is 0 Å². The quantitative estimate of drug-likeness (QED) is 0.229. The first-order chi connectivity index (χ1) is 17.0. The summed E-state index contributed by atoms with van der Waals surface area (Å²) >= 11 is 0. The minimum Gasteiger partial charge on any atom is -0.489 e. The first kappa shape index (κ1) is 25.2. The molecule has 186 valence electrons. The number of hydrogen-bond donors (Lipinski definition) is 0. The Labute approximate surface area is 206 Å². The lowest BCUT2D eigenvalue weighted by molar-refractivity contribution is 0.0722. The highest BCUT2D eigenvalue weighted by molar-refractivity contribution is 5.91. The summed E-state index contributed by atoms with van der Waals surface area (Å²) in [7, 11) is 0. The van der Waals surface area contributed by atoms with Crippen LogP contribution in [0.25, 0.3) is 0 Å². The van der Waals surface area contributed by atoms with Crippen LogP contribution in [0.5, 0.6) is 11.5 Å². The fourth-order valence-corrected chi connectivity index (χ4v) is 5.68. The van der Waals surface area contributed by atoms with Gasteiger partial charge >= 0.3 is 5.97 Å². The van der Waals surface area contributed by atoms with Gasteiger partial charge in [0.15, 0.2) is 11.6 Å². The zero-order valence-electron chi connectivity index (χ0n) is 20.5. The van der Waals surface area contributed by atoms with Gasteiger partial charge in [-0.2, -0.15) is 0 Å². The number of carbonyl (C=O) groups is 1. The molecule has 3 nitrogen and oxygen atoms in total. The molecule has 2 aromatic carbocycles. The van der Waals surface area contributed by atoms with Crippen LogP contribution in [0.2, 0.25) is 0 Å². The van der Waals surface area contributed by atoms with Crippen LogP contribution in [0.1, 0.15) is 74.2 Å². The number of carbonyl (C=O) groups excluding carboxylic acids is 1. The number of esters is 1. The van der Waals surface area contributed by atoms with Crippen LogP contribution in [-0.2, 0) is 0 Å². The van der Waals surface area contributed by atoms with Crippen molar-refractivity contribution in [2.45, 2.75) is 58.3 Å². The molecule has 0 saturated heterocycles. The third-order valence-corrected chi connectivity index (χ3v) is 7.49. The normalized spacial score (nSPS) is 24.5. The van der Waals surface area contributed by atoms with Gasteiger partial charge in [-0.3, -0.25) is 0 Å². The van der Waals surface area contributed by atoms with E-state index < -0.39 is 17.6 Å². The highest BCUT2D eigenvalue weighted by atomic mass is 19.1. The molecule has 4 unspecified atom stereocenters. The Morgan fingerprint density at radius 2 is 1.74 bits per heavy atom. The van der Waals surface area contributed by atoms with Crippen LogP contribution in [0.3, 0.4) is 0 Å². The molecule has 2 aliphatic carbocycles. The predicted molar refractivity (Wildman–Crippen MR) is 134 cm³/mol. The summed E-state index contributed by atoms with van der Waals surface area (Å²) in [5.41, 5.74) is 0.740. The van der Waals surface area contributed by atoms with E-state index in [1.54, 1.807) is 6.08 Å². The Kier molecular flexibility index (Phi) is 8.37. The van der Waals surface area contributed by atoms with E-state index in [0.717, 1.165) is 30.4 Å². The van der Waals surface area contributed by atoms with Crippen LogP contribution in [0, 0.1) is 29.4 Å². The van der Waals surface area contributed by atoms with E-state index in [9.17, 15) is 13.6 Å². The summed E-state index contributed by atoms with van der Waals surface area (Å²) in [6.45, 7) is 4.26. The monoisotopic (exact) mass is 480 g/mol. The lowest BCUT2D eigenvalue weighted by Crippen LogP contribution is -2.30. The van der Waals surface area contributed by atoms with E-state index in [1.165, 1.54) is 49.9 Å². The molecule has 0 aromatic heterocycles. The van der Waals surface area contributed by atoms with Crippen molar-refractivity contribution < 1.29 is 23.0 Å². The fourth-order valence-electron chi connectivity index (χ4n) is 5.68. The molecule has 0 heterocycles. The van der Waals surface area contributed by atoms with Crippen LogP contribution in [-0.4, -0.2) is 12.6 Å². The Balaban J connectivity index is 1.38. The molecule has 0 N–H and O–H groups in total. The van der Waals surface area contributed by atoms with Crippen LogP contribution < -0.4 is 9.47 Å². The van der Waals surface area contributed by atoms with E-state index in [-0.39, 0.29) is 11.3 Å².